The van der Waals surface area contributed by atoms with Crippen LogP contribution in [0.1, 0.15) is 24.7 Å². The number of halogens is 4. The van der Waals surface area contributed by atoms with E-state index in [0.29, 0.717) is 0 Å². The molecule has 2 rings (SSSR count). The third-order valence-electron chi connectivity index (χ3n) is 2.80. The van der Waals surface area contributed by atoms with Gasteiger partial charge in [-0.15, -0.1) is 0 Å². The average molecular weight is 316 g/mol. The van der Waals surface area contributed by atoms with Crippen LogP contribution >= 0.6 is 0 Å². The molecule has 1 heterocycles. The molecule has 0 spiro atoms. The van der Waals surface area contributed by atoms with E-state index >= 15 is 0 Å². The van der Waals surface area contributed by atoms with Crippen LogP contribution in [0.4, 0.5) is 17.6 Å². The van der Waals surface area contributed by atoms with Gasteiger partial charge in [-0.3, -0.25) is 4.79 Å². The SMILES string of the molecule is CCOC(=O)Cc1cc(C(F)F)nn1-c1ccc(F)c(F)c1. The molecule has 0 saturated carbocycles. The fraction of sp³-hybridized carbons (Fsp3) is 0.286. The number of rotatable bonds is 5. The molecule has 1 aromatic heterocycles. The van der Waals surface area contributed by atoms with Gasteiger partial charge in [0.05, 0.1) is 24.4 Å². The first-order chi connectivity index (χ1) is 10.4. The second-order valence-electron chi connectivity index (χ2n) is 4.35. The minimum atomic E-state index is -2.85. The van der Waals surface area contributed by atoms with Gasteiger partial charge in [-0.2, -0.15) is 5.10 Å². The number of esters is 1. The summed E-state index contributed by atoms with van der Waals surface area (Å²) in [5.41, 5.74) is -0.436. The third-order valence-corrected chi connectivity index (χ3v) is 2.80. The first kappa shape index (κ1) is 16.0. The normalized spacial score (nSPS) is 11.0. The first-order valence-corrected chi connectivity index (χ1v) is 6.40. The standard InChI is InChI=1S/C14H12F4N2O2/c1-2-22-13(21)7-9-6-12(14(17)18)19-20(9)8-3-4-10(15)11(16)5-8/h3-6,14H,2,7H2,1H3. The number of alkyl halides is 2. The minimum Gasteiger partial charge on any atom is -0.466 e. The van der Waals surface area contributed by atoms with E-state index in [4.69, 9.17) is 4.74 Å². The van der Waals surface area contributed by atoms with Crippen LogP contribution < -0.4 is 0 Å². The van der Waals surface area contributed by atoms with Crippen molar-refractivity contribution >= 4 is 5.97 Å². The number of hydrogen-bond donors (Lipinski definition) is 0. The van der Waals surface area contributed by atoms with Crippen LogP contribution in [-0.4, -0.2) is 22.4 Å². The average Bonchev–Trinajstić information content (AvgIpc) is 2.86. The zero-order chi connectivity index (χ0) is 16.3. The third kappa shape index (κ3) is 3.44. The summed E-state index contributed by atoms with van der Waals surface area (Å²) in [6.07, 6.45) is -3.17. The summed E-state index contributed by atoms with van der Waals surface area (Å²) in [6.45, 7) is 1.75. The molecule has 0 aliphatic carbocycles. The molecule has 2 aromatic rings. The van der Waals surface area contributed by atoms with Crippen LogP contribution in [0.5, 0.6) is 0 Å². The van der Waals surface area contributed by atoms with E-state index in [0.717, 1.165) is 22.9 Å². The van der Waals surface area contributed by atoms with E-state index < -0.39 is 29.7 Å². The summed E-state index contributed by atoms with van der Waals surface area (Å²) < 4.78 is 57.5. The molecule has 0 aliphatic heterocycles. The highest BCUT2D eigenvalue weighted by Crippen LogP contribution is 2.22. The molecule has 118 valence electrons. The van der Waals surface area contributed by atoms with E-state index in [1.807, 2.05) is 0 Å². The van der Waals surface area contributed by atoms with Gasteiger partial charge in [0.1, 0.15) is 5.69 Å². The summed E-state index contributed by atoms with van der Waals surface area (Å²) >= 11 is 0. The largest absolute Gasteiger partial charge is 0.466 e. The summed E-state index contributed by atoms with van der Waals surface area (Å²) in [5, 5.41) is 3.63. The maximum absolute atomic E-state index is 13.3. The first-order valence-electron chi connectivity index (χ1n) is 6.40. The van der Waals surface area contributed by atoms with Crippen LogP contribution in [0.15, 0.2) is 24.3 Å². The predicted molar refractivity (Wildman–Crippen MR) is 68.8 cm³/mol. The molecule has 0 atom stereocenters. The van der Waals surface area contributed by atoms with Gasteiger partial charge in [-0.1, -0.05) is 0 Å². The lowest BCUT2D eigenvalue weighted by Gasteiger charge is -2.07. The van der Waals surface area contributed by atoms with Crippen LogP contribution in [0, 0.1) is 11.6 Å². The van der Waals surface area contributed by atoms with Gasteiger partial charge in [-0.05, 0) is 25.1 Å². The molecule has 0 radical (unpaired) electrons. The number of carbonyl (C=O) groups excluding carboxylic acids is 1. The molecule has 0 fully saturated rings. The van der Waals surface area contributed by atoms with E-state index in [1.54, 1.807) is 6.92 Å². The lowest BCUT2D eigenvalue weighted by molar-refractivity contribution is -0.142. The van der Waals surface area contributed by atoms with Crippen molar-refractivity contribution in [2.45, 2.75) is 19.8 Å². The van der Waals surface area contributed by atoms with Gasteiger partial charge in [0, 0.05) is 6.07 Å². The summed E-state index contributed by atoms with van der Waals surface area (Å²) in [4.78, 5) is 11.5. The quantitative estimate of drug-likeness (QED) is 0.628. The second kappa shape index (κ2) is 6.59. The maximum atomic E-state index is 13.3. The molecule has 0 N–H and O–H groups in total. The van der Waals surface area contributed by atoms with Crippen LogP contribution in [0.3, 0.4) is 0 Å². The Morgan fingerprint density at radius 2 is 2.00 bits per heavy atom. The highest BCUT2D eigenvalue weighted by atomic mass is 19.3. The molecule has 0 saturated heterocycles. The molecule has 0 aliphatic rings. The van der Waals surface area contributed by atoms with Gasteiger partial charge in [-0.25, -0.2) is 22.2 Å². The smallest absolute Gasteiger partial charge is 0.311 e. The molecule has 4 nitrogen and oxygen atoms in total. The van der Waals surface area contributed by atoms with E-state index in [2.05, 4.69) is 5.10 Å². The number of nitrogens with zero attached hydrogens (tertiary/aromatic N) is 2. The number of hydrogen-bond acceptors (Lipinski definition) is 3. The maximum Gasteiger partial charge on any atom is 0.311 e. The van der Waals surface area contributed by atoms with E-state index in [-0.39, 0.29) is 24.4 Å². The molecule has 0 bridgehead atoms. The highest BCUT2D eigenvalue weighted by molar-refractivity contribution is 5.72. The zero-order valence-electron chi connectivity index (χ0n) is 11.5. The molecule has 1 aromatic carbocycles. The fourth-order valence-corrected chi connectivity index (χ4v) is 1.87. The van der Waals surface area contributed by atoms with Gasteiger partial charge in [0.15, 0.2) is 11.6 Å². The lowest BCUT2D eigenvalue weighted by atomic mass is 10.2. The van der Waals surface area contributed by atoms with Crippen molar-refractivity contribution in [2.24, 2.45) is 0 Å². The van der Waals surface area contributed by atoms with Gasteiger partial charge < -0.3 is 4.74 Å². The number of carbonyl (C=O) groups is 1. The molecule has 22 heavy (non-hydrogen) atoms. The molecule has 0 unspecified atom stereocenters. The van der Waals surface area contributed by atoms with Crippen LogP contribution in [0.2, 0.25) is 0 Å². The Bertz CT molecular complexity index is 685. The minimum absolute atomic E-state index is 0.0325. The summed E-state index contributed by atoms with van der Waals surface area (Å²) in [5.74, 6) is -2.85. The fourth-order valence-electron chi connectivity index (χ4n) is 1.87. The predicted octanol–water partition coefficient (Wildman–Crippen LogP) is 3.19. The van der Waals surface area contributed by atoms with E-state index in [9.17, 15) is 22.4 Å². The topological polar surface area (TPSA) is 44.1 Å². The monoisotopic (exact) mass is 316 g/mol. The van der Waals surface area contributed by atoms with Crippen molar-refractivity contribution in [3.8, 4) is 5.69 Å². The van der Waals surface area contributed by atoms with Crippen molar-refractivity contribution < 1.29 is 27.1 Å². The Morgan fingerprint density at radius 1 is 1.27 bits per heavy atom. The highest BCUT2D eigenvalue weighted by Gasteiger charge is 2.19. The van der Waals surface area contributed by atoms with Gasteiger partial charge >= 0.3 is 5.97 Å². The Hall–Kier alpha value is -2.38. The Morgan fingerprint density at radius 3 is 2.59 bits per heavy atom. The van der Waals surface area contributed by atoms with Gasteiger partial charge in [0.25, 0.3) is 6.43 Å². The van der Waals surface area contributed by atoms with Crippen LogP contribution in [0.25, 0.3) is 5.69 Å². The molecular formula is C14H12F4N2O2. The second-order valence-corrected chi connectivity index (χ2v) is 4.35. The van der Waals surface area contributed by atoms with Crippen molar-refractivity contribution in [1.82, 2.24) is 9.78 Å². The molecular weight excluding hydrogens is 304 g/mol. The van der Waals surface area contributed by atoms with Crippen molar-refractivity contribution in [1.29, 1.82) is 0 Å². The molecule has 0 amide bonds. The van der Waals surface area contributed by atoms with Crippen molar-refractivity contribution in [3.63, 3.8) is 0 Å². The Labute approximate surface area is 123 Å². The number of ether oxygens (including phenoxy) is 1. The Kier molecular flexibility index (Phi) is 4.79. The van der Waals surface area contributed by atoms with E-state index in [1.165, 1.54) is 6.07 Å². The zero-order valence-corrected chi connectivity index (χ0v) is 11.5. The summed E-state index contributed by atoms with van der Waals surface area (Å²) in [7, 11) is 0. The number of benzene rings is 1. The summed E-state index contributed by atoms with van der Waals surface area (Å²) in [6, 6.07) is 3.87. The number of aromatic nitrogens is 2. The Balaban J connectivity index is 2.43. The van der Waals surface area contributed by atoms with Crippen molar-refractivity contribution in [3.05, 3.63) is 47.3 Å². The molecule has 8 heteroatoms. The van der Waals surface area contributed by atoms with Gasteiger partial charge in [0.2, 0.25) is 0 Å². The van der Waals surface area contributed by atoms with Crippen molar-refractivity contribution in [2.75, 3.05) is 6.61 Å². The van der Waals surface area contributed by atoms with Crippen LogP contribution in [-0.2, 0) is 16.0 Å². The lowest BCUT2D eigenvalue weighted by Crippen LogP contribution is -2.12.